The van der Waals surface area contributed by atoms with E-state index in [0.29, 0.717) is 28.6 Å². The Morgan fingerprint density at radius 2 is 2.00 bits per heavy atom. The van der Waals surface area contributed by atoms with E-state index in [0.717, 1.165) is 29.7 Å². The number of ether oxygens (including phenoxy) is 1. The zero-order valence-corrected chi connectivity index (χ0v) is 18.7. The molecule has 2 aliphatic heterocycles. The second-order valence-corrected chi connectivity index (χ2v) is 8.57. The number of aromatic nitrogens is 1. The average molecular weight is 461 g/mol. The molecule has 0 bridgehead atoms. The molecule has 6 nitrogen and oxygen atoms in total. The zero-order valence-electron chi connectivity index (χ0n) is 17.9. The predicted octanol–water partition coefficient (Wildman–Crippen LogP) is 4.99. The number of Topliss-reactive ketones (excluding diaryl/α,β-unsaturated/α-hetero) is 1. The lowest BCUT2D eigenvalue weighted by Gasteiger charge is -2.26. The van der Waals surface area contributed by atoms with Gasteiger partial charge in [-0.05, 0) is 79.4 Å². The van der Waals surface area contributed by atoms with Gasteiger partial charge in [0.05, 0.1) is 17.9 Å². The van der Waals surface area contributed by atoms with E-state index in [1.807, 2.05) is 13.0 Å². The first-order valence-electron chi connectivity index (χ1n) is 10.7. The Labute approximate surface area is 196 Å². The van der Waals surface area contributed by atoms with E-state index >= 15 is 0 Å². The van der Waals surface area contributed by atoms with Crippen molar-refractivity contribution in [2.24, 2.45) is 0 Å². The van der Waals surface area contributed by atoms with Gasteiger partial charge in [0.1, 0.15) is 17.6 Å². The van der Waals surface area contributed by atoms with Gasteiger partial charge in [0.2, 0.25) is 0 Å². The molecule has 0 spiro atoms. The van der Waals surface area contributed by atoms with E-state index in [9.17, 15) is 14.7 Å². The molecule has 0 saturated carbocycles. The molecule has 3 heterocycles. The van der Waals surface area contributed by atoms with Crippen molar-refractivity contribution in [2.45, 2.75) is 25.8 Å². The van der Waals surface area contributed by atoms with E-state index in [1.165, 1.54) is 4.90 Å². The highest BCUT2D eigenvalue weighted by Gasteiger charge is 2.48. The maximum absolute atomic E-state index is 13.3. The van der Waals surface area contributed by atoms with E-state index in [4.69, 9.17) is 16.3 Å². The Morgan fingerprint density at radius 3 is 2.76 bits per heavy atom. The molecule has 5 rings (SSSR count). The largest absolute Gasteiger partial charge is 0.507 e. The molecule has 7 heteroatoms. The van der Waals surface area contributed by atoms with Gasteiger partial charge in [0.15, 0.2) is 0 Å². The van der Waals surface area contributed by atoms with Gasteiger partial charge in [0, 0.05) is 22.5 Å². The van der Waals surface area contributed by atoms with Crippen LogP contribution in [0.15, 0.2) is 66.4 Å². The first-order valence-corrected chi connectivity index (χ1v) is 11.1. The molecule has 2 aliphatic rings. The van der Waals surface area contributed by atoms with Crippen LogP contribution in [0.4, 0.5) is 5.69 Å². The summed E-state index contributed by atoms with van der Waals surface area (Å²) < 4.78 is 5.66. The Morgan fingerprint density at radius 1 is 1.15 bits per heavy atom. The summed E-state index contributed by atoms with van der Waals surface area (Å²) in [4.78, 5) is 32.3. The maximum atomic E-state index is 13.3. The number of carbonyl (C=O) groups excluding carboxylic acids is 2. The Balaban J connectivity index is 1.70. The lowest BCUT2D eigenvalue weighted by molar-refractivity contribution is -0.132. The monoisotopic (exact) mass is 460 g/mol. The second-order valence-electron chi connectivity index (χ2n) is 8.13. The van der Waals surface area contributed by atoms with E-state index in [2.05, 4.69) is 4.98 Å². The molecule has 0 radical (unpaired) electrons. The molecule has 1 aromatic heterocycles. The standard InChI is InChI=1S/C26H21ClN2O4/c1-15-13-18(27)8-9-20(15)29-23(19-6-2-3-11-28-19)22(25(31)26(29)32)24(30)17-7-10-21-16(14-17)5-4-12-33-21/h2-3,6-11,13-14,23,30H,4-5,12H2,1H3/b24-22-. The Hall–Kier alpha value is -3.64. The number of ketones is 1. The highest BCUT2D eigenvalue weighted by Crippen LogP contribution is 2.43. The summed E-state index contributed by atoms with van der Waals surface area (Å²) in [5.41, 5.74) is 3.18. The van der Waals surface area contributed by atoms with Crippen LogP contribution in [0.25, 0.3) is 5.76 Å². The van der Waals surface area contributed by atoms with Gasteiger partial charge in [0.25, 0.3) is 11.7 Å². The maximum Gasteiger partial charge on any atom is 0.300 e. The highest BCUT2D eigenvalue weighted by molar-refractivity contribution is 6.51. The molecule has 1 N–H and O–H groups in total. The quantitative estimate of drug-likeness (QED) is 0.338. The number of benzene rings is 2. The summed E-state index contributed by atoms with van der Waals surface area (Å²) in [5, 5.41) is 11.8. The summed E-state index contributed by atoms with van der Waals surface area (Å²) in [5.74, 6) is -0.937. The van der Waals surface area contributed by atoms with Crippen molar-refractivity contribution in [3.05, 3.63) is 93.8 Å². The first kappa shape index (κ1) is 21.2. The van der Waals surface area contributed by atoms with Crippen molar-refractivity contribution in [1.29, 1.82) is 0 Å². The van der Waals surface area contributed by atoms with Gasteiger partial charge < -0.3 is 9.84 Å². The second kappa shape index (κ2) is 8.37. The minimum absolute atomic E-state index is 0.00438. The third kappa shape index (κ3) is 3.66. The number of fused-ring (bicyclic) bond motifs is 1. The molecular weight excluding hydrogens is 440 g/mol. The smallest absolute Gasteiger partial charge is 0.300 e. The van der Waals surface area contributed by atoms with Crippen LogP contribution in [-0.2, 0) is 16.0 Å². The summed E-state index contributed by atoms with van der Waals surface area (Å²) >= 11 is 6.12. The molecule has 1 unspecified atom stereocenters. The van der Waals surface area contributed by atoms with Crippen LogP contribution in [0.5, 0.6) is 5.75 Å². The normalized spacial score (nSPS) is 19.3. The number of amides is 1. The number of aryl methyl sites for hydroxylation is 2. The number of aliphatic hydroxyl groups excluding tert-OH is 1. The number of carbonyl (C=O) groups is 2. The van der Waals surface area contributed by atoms with Gasteiger partial charge in [-0.2, -0.15) is 0 Å². The fraction of sp³-hybridized carbons (Fsp3) is 0.192. The van der Waals surface area contributed by atoms with Crippen LogP contribution in [-0.4, -0.2) is 28.4 Å². The fourth-order valence-corrected chi connectivity index (χ4v) is 4.68. The number of halogens is 1. The van der Waals surface area contributed by atoms with Crippen molar-refractivity contribution in [2.75, 3.05) is 11.5 Å². The van der Waals surface area contributed by atoms with Crippen molar-refractivity contribution in [3.8, 4) is 5.75 Å². The molecule has 1 amide bonds. The van der Waals surface area contributed by atoms with Gasteiger partial charge in [-0.25, -0.2) is 0 Å². The predicted molar refractivity (Wildman–Crippen MR) is 125 cm³/mol. The molecule has 1 saturated heterocycles. The molecule has 3 aromatic rings. The third-order valence-electron chi connectivity index (χ3n) is 6.01. The molecule has 166 valence electrons. The third-order valence-corrected chi connectivity index (χ3v) is 6.25. The Bertz CT molecular complexity index is 1300. The SMILES string of the molecule is Cc1cc(Cl)ccc1N1C(=O)C(=O)/C(=C(\O)c2ccc3c(c2)CCCO3)C1c1ccccn1. The molecule has 2 aromatic carbocycles. The molecule has 0 aliphatic carbocycles. The topological polar surface area (TPSA) is 79.7 Å². The van der Waals surface area contributed by atoms with Crippen LogP contribution in [0.3, 0.4) is 0 Å². The molecular formula is C26H21ClN2O4. The van der Waals surface area contributed by atoms with Gasteiger partial charge in [-0.15, -0.1) is 0 Å². The van der Waals surface area contributed by atoms with Crippen LogP contribution in [0.1, 0.15) is 34.8 Å². The number of pyridine rings is 1. The van der Waals surface area contributed by atoms with Gasteiger partial charge in [-0.3, -0.25) is 19.5 Å². The summed E-state index contributed by atoms with van der Waals surface area (Å²) in [6, 6.07) is 14.8. The van der Waals surface area contributed by atoms with Crippen molar-refractivity contribution < 1.29 is 19.4 Å². The lowest BCUT2D eigenvalue weighted by Crippen LogP contribution is -2.30. The molecule has 1 fully saturated rings. The number of nitrogens with zero attached hydrogens (tertiary/aromatic N) is 2. The minimum Gasteiger partial charge on any atom is -0.507 e. The summed E-state index contributed by atoms with van der Waals surface area (Å²) in [7, 11) is 0. The van der Waals surface area contributed by atoms with Crippen molar-refractivity contribution in [3.63, 3.8) is 0 Å². The fourth-order valence-electron chi connectivity index (χ4n) is 4.45. The average Bonchev–Trinajstić information content (AvgIpc) is 3.09. The minimum atomic E-state index is -0.877. The van der Waals surface area contributed by atoms with E-state index in [1.54, 1.807) is 54.7 Å². The molecule has 33 heavy (non-hydrogen) atoms. The highest BCUT2D eigenvalue weighted by atomic mass is 35.5. The summed E-state index contributed by atoms with van der Waals surface area (Å²) in [6.07, 6.45) is 3.30. The van der Waals surface area contributed by atoms with Crippen LogP contribution in [0.2, 0.25) is 5.02 Å². The van der Waals surface area contributed by atoms with Crippen molar-refractivity contribution in [1.82, 2.24) is 4.98 Å². The van der Waals surface area contributed by atoms with Crippen LogP contribution in [0, 0.1) is 6.92 Å². The van der Waals surface area contributed by atoms with E-state index < -0.39 is 17.7 Å². The number of aliphatic hydroxyl groups is 1. The number of hydrogen-bond donors (Lipinski definition) is 1. The first-order chi connectivity index (χ1) is 16.0. The molecule has 1 atom stereocenters. The van der Waals surface area contributed by atoms with Gasteiger partial charge in [-0.1, -0.05) is 17.7 Å². The number of rotatable bonds is 3. The van der Waals surface area contributed by atoms with Crippen LogP contribution >= 0.6 is 11.6 Å². The number of anilines is 1. The lowest BCUT2D eigenvalue weighted by atomic mass is 9.96. The Kier molecular flexibility index (Phi) is 5.38. The number of hydrogen-bond acceptors (Lipinski definition) is 5. The van der Waals surface area contributed by atoms with Gasteiger partial charge >= 0.3 is 0 Å². The van der Waals surface area contributed by atoms with E-state index in [-0.39, 0.29) is 11.3 Å². The van der Waals surface area contributed by atoms with Crippen molar-refractivity contribution >= 4 is 34.7 Å². The summed E-state index contributed by atoms with van der Waals surface area (Å²) in [6.45, 7) is 2.48. The van der Waals surface area contributed by atoms with Crippen LogP contribution < -0.4 is 9.64 Å². The zero-order chi connectivity index (χ0) is 23.1.